The third kappa shape index (κ3) is 3.34. The molecule has 0 aliphatic heterocycles. The third-order valence-electron chi connectivity index (χ3n) is 2.78. The quantitative estimate of drug-likeness (QED) is 0.690. The summed E-state index contributed by atoms with van der Waals surface area (Å²) in [6.45, 7) is 3.65. The Bertz CT molecular complexity index is 398. The van der Waals surface area contributed by atoms with E-state index in [1.54, 1.807) is 19.9 Å². The molecule has 1 unspecified atom stereocenters. The van der Waals surface area contributed by atoms with E-state index in [1.807, 2.05) is 0 Å². The standard InChI is InChI=1S/C12H17FN2O2/c1-3-8(12(16)17)6-15-9-4-10(13)7(2)11(14)5-9/h4-5,8,15H,3,6,14H2,1-2H3,(H,16,17). The highest BCUT2D eigenvalue weighted by molar-refractivity contribution is 5.71. The molecule has 94 valence electrons. The zero-order valence-corrected chi connectivity index (χ0v) is 9.96. The molecule has 0 aliphatic carbocycles. The topological polar surface area (TPSA) is 75.3 Å². The molecule has 4 nitrogen and oxygen atoms in total. The molecule has 0 amide bonds. The number of carbonyl (C=O) groups is 1. The minimum absolute atomic E-state index is 0.258. The minimum Gasteiger partial charge on any atom is -0.481 e. The number of anilines is 2. The Morgan fingerprint density at radius 3 is 2.71 bits per heavy atom. The molecule has 5 heteroatoms. The van der Waals surface area contributed by atoms with Gasteiger partial charge in [0.25, 0.3) is 0 Å². The average Bonchev–Trinajstić information content (AvgIpc) is 2.26. The predicted octanol–water partition coefficient (Wildman–Crippen LogP) is 2.24. The number of aliphatic carboxylic acids is 1. The lowest BCUT2D eigenvalue weighted by Gasteiger charge is -2.13. The number of benzene rings is 1. The first-order valence-corrected chi connectivity index (χ1v) is 5.48. The van der Waals surface area contributed by atoms with Gasteiger partial charge in [-0.3, -0.25) is 4.79 Å². The highest BCUT2D eigenvalue weighted by atomic mass is 19.1. The second-order valence-corrected chi connectivity index (χ2v) is 4.00. The number of nitrogen functional groups attached to an aromatic ring is 1. The maximum absolute atomic E-state index is 13.4. The van der Waals surface area contributed by atoms with E-state index in [0.717, 1.165) is 0 Å². The molecule has 0 aromatic heterocycles. The molecule has 17 heavy (non-hydrogen) atoms. The number of nitrogens with two attached hydrogens (primary N) is 1. The number of carboxylic acid groups (broad SMARTS) is 1. The molecule has 0 spiro atoms. The van der Waals surface area contributed by atoms with Crippen LogP contribution in [0.4, 0.5) is 15.8 Å². The molecule has 0 radical (unpaired) electrons. The average molecular weight is 240 g/mol. The number of halogens is 1. The number of hydrogen-bond acceptors (Lipinski definition) is 3. The van der Waals surface area contributed by atoms with Crippen LogP contribution in [-0.4, -0.2) is 17.6 Å². The maximum atomic E-state index is 13.4. The van der Waals surface area contributed by atoms with Crippen molar-refractivity contribution in [2.75, 3.05) is 17.6 Å². The maximum Gasteiger partial charge on any atom is 0.308 e. The van der Waals surface area contributed by atoms with Crippen molar-refractivity contribution >= 4 is 17.3 Å². The molecule has 0 saturated carbocycles. The monoisotopic (exact) mass is 240 g/mol. The second kappa shape index (κ2) is 5.52. The summed E-state index contributed by atoms with van der Waals surface area (Å²) in [6, 6.07) is 2.92. The van der Waals surface area contributed by atoms with E-state index in [-0.39, 0.29) is 6.54 Å². The van der Waals surface area contributed by atoms with Crippen LogP contribution in [0.2, 0.25) is 0 Å². The van der Waals surface area contributed by atoms with Crippen molar-refractivity contribution in [3.8, 4) is 0 Å². The third-order valence-corrected chi connectivity index (χ3v) is 2.78. The van der Waals surface area contributed by atoms with Crippen LogP contribution in [-0.2, 0) is 4.79 Å². The molecular weight excluding hydrogens is 223 g/mol. The highest BCUT2D eigenvalue weighted by Crippen LogP contribution is 2.21. The van der Waals surface area contributed by atoms with Crippen LogP contribution in [0.3, 0.4) is 0 Å². The lowest BCUT2D eigenvalue weighted by atomic mass is 10.1. The van der Waals surface area contributed by atoms with Crippen LogP contribution >= 0.6 is 0 Å². The lowest BCUT2D eigenvalue weighted by molar-refractivity contribution is -0.141. The van der Waals surface area contributed by atoms with Gasteiger partial charge < -0.3 is 16.2 Å². The molecular formula is C12H17FN2O2. The Labute approximate surface area is 99.6 Å². The summed E-state index contributed by atoms with van der Waals surface area (Å²) < 4.78 is 13.4. The second-order valence-electron chi connectivity index (χ2n) is 4.00. The van der Waals surface area contributed by atoms with Gasteiger partial charge in [0.1, 0.15) is 5.82 Å². The smallest absolute Gasteiger partial charge is 0.308 e. The van der Waals surface area contributed by atoms with Crippen molar-refractivity contribution in [1.82, 2.24) is 0 Å². The van der Waals surface area contributed by atoms with Gasteiger partial charge in [0, 0.05) is 23.5 Å². The van der Waals surface area contributed by atoms with Crippen LogP contribution in [0.15, 0.2) is 12.1 Å². The normalized spacial score (nSPS) is 12.2. The van der Waals surface area contributed by atoms with E-state index in [4.69, 9.17) is 10.8 Å². The van der Waals surface area contributed by atoms with Gasteiger partial charge in [0.2, 0.25) is 0 Å². The molecule has 1 atom stereocenters. The molecule has 1 aromatic rings. The van der Waals surface area contributed by atoms with Gasteiger partial charge in [-0.25, -0.2) is 4.39 Å². The SMILES string of the molecule is CCC(CNc1cc(N)c(C)c(F)c1)C(=O)O. The predicted molar refractivity (Wildman–Crippen MR) is 65.5 cm³/mol. The summed E-state index contributed by atoms with van der Waals surface area (Å²) in [4.78, 5) is 10.8. The van der Waals surface area contributed by atoms with Gasteiger partial charge in [-0.05, 0) is 25.5 Å². The van der Waals surface area contributed by atoms with Crippen molar-refractivity contribution in [3.63, 3.8) is 0 Å². The van der Waals surface area contributed by atoms with Gasteiger partial charge in [0.05, 0.1) is 5.92 Å². The van der Waals surface area contributed by atoms with E-state index in [1.165, 1.54) is 6.07 Å². The van der Waals surface area contributed by atoms with Gasteiger partial charge in [-0.2, -0.15) is 0 Å². The van der Waals surface area contributed by atoms with Gasteiger partial charge in [-0.1, -0.05) is 6.92 Å². The van der Waals surface area contributed by atoms with Crippen molar-refractivity contribution in [2.45, 2.75) is 20.3 Å². The number of hydrogen-bond donors (Lipinski definition) is 3. The molecule has 1 aromatic carbocycles. The van der Waals surface area contributed by atoms with E-state index in [9.17, 15) is 9.18 Å². The molecule has 4 N–H and O–H groups in total. The summed E-state index contributed by atoms with van der Waals surface area (Å²) in [5.74, 6) is -1.74. The van der Waals surface area contributed by atoms with Crippen LogP contribution in [0.1, 0.15) is 18.9 Å². The number of nitrogens with one attached hydrogen (secondary N) is 1. The van der Waals surface area contributed by atoms with Crippen molar-refractivity contribution in [3.05, 3.63) is 23.5 Å². The molecule has 1 rings (SSSR count). The fourth-order valence-corrected chi connectivity index (χ4v) is 1.45. The summed E-state index contributed by atoms with van der Waals surface area (Å²) >= 11 is 0. The summed E-state index contributed by atoms with van der Waals surface area (Å²) in [7, 11) is 0. The Balaban J connectivity index is 2.73. The Hall–Kier alpha value is -1.78. The van der Waals surface area contributed by atoms with Crippen LogP contribution in [0.25, 0.3) is 0 Å². The Morgan fingerprint density at radius 1 is 1.59 bits per heavy atom. The van der Waals surface area contributed by atoms with Crippen molar-refractivity contribution < 1.29 is 14.3 Å². The van der Waals surface area contributed by atoms with E-state index in [2.05, 4.69) is 5.32 Å². The fourth-order valence-electron chi connectivity index (χ4n) is 1.45. The highest BCUT2D eigenvalue weighted by Gasteiger charge is 2.14. The Kier molecular flexibility index (Phi) is 4.31. The van der Waals surface area contributed by atoms with Crippen LogP contribution in [0, 0.1) is 18.7 Å². The molecule has 0 aliphatic rings. The lowest BCUT2D eigenvalue weighted by Crippen LogP contribution is -2.22. The first kappa shape index (κ1) is 13.3. The largest absolute Gasteiger partial charge is 0.481 e. The summed E-state index contributed by atoms with van der Waals surface area (Å²) in [6.07, 6.45) is 0.520. The van der Waals surface area contributed by atoms with Gasteiger partial charge in [0.15, 0.2) is 0 Å². The first-order valence-electron chi connectivity index (χ1n) is 5.48. The molecule has 0 fully saturated rings. The van der Waals surface area contributed by atoms with Crippen molar-refractivity contribution in [1.29, 1.82) is 0 Å². The van der Waals surface area contributed by atoms with Gasteiger partial charge in [-0.15, -0.1) is 0 Å². The van der Waals surface area contributed by atoms with Gasteiger partial charge >= 0.3 is 5.97 Å². The van der Waals surface area contributed by atoms with E-state index >= 15 is 0 Å². The molecule has 0 saturated heterocycles. The zero-order chi connectivity index (χ0) is 13.0. The fraction of sp³-hybridized carbons (Fsp3) is 0.417. The summed E-state index contributed by atoms with van der Waals surface area (Å²) in [5.41, 5.74) is 6.89. The molecule has 0 heterocycles. The Morgan fingerprint density at radius 2 is 2.24 bits per heavy atom. The molecule has 0 bridgehead atoms. The zero-order valence-electron chi connectivity index (χ0n) is 9.96. The van der Waals surface area contributed by atoms with Crippen molar-refractivity contribution in [2.24, 2.45) is 5.92 Å². The summed E-state index contributed by atoms with van der Waals surface area (Å²) in [5, 5.41) is 11.8. The number of rotatable bonds is 5. The van der Waals surface area contributed by atoms with E-state index in [0.29, 0.717) is 23.4 Å². The van der Waals surface area contributed by atoms with E-state index < -0.39 is 17.7 Å². The first-order chi connectivity index (χ1) is 7.95. The minimum atomic E-state index is -0.861. The van der Waals surface area contributed by atoms with Crippen LogP contribution < -0.4 is 11.1 Å². The number of carboxylic acids is 1. The van der Waals surface area contributed by atoms with Crippen LogP contribution in [0.5, 0.6) is 0 Å².